The summed E-state index contributed by atoms with van der Waals surface area (Å²) in [5, 5.41) is 3.25. The molecule has 1 unspecified atom stereocenters. The number of sulfonamides is 1. The zero-order valence-corrected chi connectivity index (χ0v) is 21.4. The minimum atomic E-state index is -3.76. The normalized spacial score (nSPS) is 12.2. The molecule has 0 spiro atoms. The summed E-state index contributed by atoms with van der Waals surface area (Å²) in [6.07, 6.45) is 1.79. The topological polar surface area (TPSA) is 86.8 Å². The minimum Gasteiger partial charge on any atom is -0.354 e. The summed E-state index contributed by atoms with van der Waals surface area (Å²) in [4.78, 5) is 27.4. The van der Waals surface area contributed by atoms with E-state index in [2.05, 4.69) is 21.2 Å². The first-order chi connectivity index (χ1) is 15.0. The van der Waals surface area contributed by atoms with E-state index < -0.39 is 28.5 Å². The van der Waals surface area contributed by atoms with Crippen molar-refractivity contribution >= 4 is 55.1 Å². The third-order valence-electron chi connectivity index (χ3n) is 4.75. The largest absolute Gasteiger partial charge is 0.354 e. The van der Waals surface area contributed by atoms with Crippen molar-refractivity contribution in [2.75, 3.05) is 23.7 Å². The molecule has 2 aromatic rings. The van der Waals surface area contributed by atoms with E-state index in [4.69, 9.17) is 11.6 Å². The summed E-state index contributed by atoms with van der Waals surface area (Å²) in [5.41, 5.74) is 1.12. The van der Waals surface area contributed by atoms with Crippen LogP contribution in [0, 0.1) is 0 Å². The zero-order chi connectivity index (χ0) is 23.9. The van der Waals surface area contributed by atoms with E-state index in [9.17, 15) is 18.0 Å². The van der Waals surface area contributed by atoms with Crippen LogP contribution < -0.4 is 9.62 Å². The van der Waals surface area contributed by atoms with Gasteiger partial charge < -0.3 is 10.2 Å². The zero-order valence-electron chi connectivity index (χ0n) is 18.2. The molecule has 0 aliphatic carbocycles. The number of carbonyl (C=O) groups excluding carboxylic acids is 2. The van der Waals surface area contributed by atoms with E-state index in [1.54, 1.807) is 19.1 Å². The third kappa shape index (κ3) is 7.50. The molecule has 2 amide bonds. The second kappa shape index (κ2) is 11.7. The standard InChI is InChI=1S/C22H27BrClN3O4S/c1-4-12-25-22(29)16(2)26(14-17-6-5-7-18(23)13-17)21(28)15-27(32(3,30)31)20-10-8-19(24)9-11-20/h5-11,13,16H,4,12,14-15H2,1-3H3,(H,25,29). The fourth-order valence-electron chi connectivity index (χ4n) is 3.03. The number of hydrogen-bond donors (Lipinski definition) is 1. The van der Waals surface area contributed by atoms with Gasteiger partial charge in [-0.15, -0.1) is 0 Å². The highest BCUT2D eigenvalue weighted by molar-refractivity contribution is 9.10. The Bertz CT molecular complexity index is 1050. The summed E-state index contributed by atoms with van der Waals surface area (Å²) in [5.74, 6) is -0.794. The van der Waals surface area contributed by atoms with E-state index >= 15 is 0 Å². The summed E-state index contributed by atoms with van der Waals surface area (Å²) in [6.45, 7) is 3.76. The van der Waals surface area contributed by atoms with E-state index in [-0.39, 0.29) is 12.5 Å². The Morgan fingerprint density at radius 2 is 1.81 bits per heavy atom. The van der Waals surface area contributed by atoms with Crippen molar-refractivity contribution in [3.05, 3.63) is 63.6 Å². The number of nitrogens with one attached hydrogen (secondary N) is 1. The molecule has 0 saturated carbocycles. The maximum absolute atomic E-state index is 13.4. The number of amides is 2. The van der Waals surface area contributed by atoms with Crippen molar-refractivity contribution < 1.29 is 18.0 Å². The monoisotopic (exact) mass is 543 g/mol. The number of hydrogen-bond acceptors (Lipinski definition) is 4. The maximum Gasteiger partial charge on any atom is 0.244 e. The molecule has 0 fully saturated rings. The van der Waals surface area contributed by atoms with Crippen LogP contribution in [0.1, 0.15) is 25.8 Å². The lowest BCUT2D eigenvalue weighted by atomic mass is 10.1. The Morgan fingerprint density at radius 3 is 2.38 bits per heavy atom. The summed E-state index contributed by atoms with van der Waals surface area (Å²) >= 11 is 9.33. The van der Waals surface area contributed by atoms with Crippen molar-refractivity contribution in [1.82, 2.24) is 10.2 Å². The fourth-order valence-corrected chi connectivity index (χ4v) is 4.45. The lowest BCUT2D eigenvalue weighted by Gasteiger charge is -2.31. The quantitative estimate of drug-likeness (QED) is 0.493. The van der Waals surface area contributed by atoms with Gasteiger partial charge in [0.05, 0.1) is 11.9 Å². The SMILES string of the molecule is CCCNC(=O)C(C)N(Cc1cccc(Br)c1)C(=O)CN(c1ccc(Cl)cc1)S(C)(=O)=O. The predicted octanol–water partition coefficient (Wildman–Crippen LogP) is 3.81. The highest BCUT2D eigenvalue weighted by Crippen LogP contribution is 2.22. The molecule has 0 radical (unpaired) electrons. The van der Waals surface area contributed by atoms with Crippen LogP contribution in [0.4, 0.5) is 5.69 Å². The fraction of sp³-hybridized carbons (Fsp3) is 0.364. The number of anilines is 1. The van der Waals surface area contributed by atoms with E-state index in [0.717, 1.165) is 27.0 Å². The second-order valence-corrected chi connectivity index (χ2v) is 10.6. The van der Waals surface area contributed by atoms with Crippen LogP contribution in [-0.4, -0.2) is 50.5 Å². The maximum atomic E-state index is 13.4. The van der Waals surface area contributed by atoms with Crippen molar-refractivity contribution in [2.24, 2.45) is 0 Å². The summed E-state index contributed by atoms with van der Waals surface area (Å²) in [6, 6.07) is 12.8. The molecule has 0 heterocycles. The first-order valence-electron chi connectivity index (χ1n) is 10.1. The van der Waals surface area contributed by atoms with Gasteiger partial charge in [-0.25, -0.2) is 8.42 Å². The van der Waals surface area contributed by atoms with Gasteiger partial charge in [-0.1, -0.05) is 46.6 Å². The van der Waals surface area contributed by atoms with Crippen molar-refractivity contribution in [3.63, 3.8) is 0 Å². The van der Waals surface area contributed by atoms with Gasteiger partial charge in [-0.2, -0.15) is 0 Å². The molecular formula is C22H27BrClN3O4S. The van der Waals surface area contributed by atoms with Gasteiger partial charge in [0.1, 0.15) is 12.6 Å². The molecule has 2 aromatic carbocycles. The lowest BCUT2D eigenvalue weighted by Crippen LogP contribution is -2.51. The van der Waals surface area contributed by atoms with Gasteiger partial charge >= 0.3 is 0 Å². The van der Waals surface area contributed by atoms with Gasteiger partial charge in [-0.3, -0.25) is 13.9 Å². The number of rotatable bonds is 10. The molecule has 1 N–H and O–H groups in total. The number of carbonyl (C=O) groups is 2. The Balaban J connectivity index is 2.35. The van der Waals surface area contributed by atoms with E-state index in [0.29, 0.717) is 17.3 Å². The average molecular weight is 545 g/mol. The molecule has 2 rings (SSSR count). The van der Waals surface area contributed by atoms with Crippen LogP contribution in [0.5, 0.6) is 0 Å². The summed E-state index contributed by atoms with van der Waals surface area (Å²) in [7, 11) is -3.76. The molecule has 0 aromatic heterocycles. The Hall–Kier alpha value is -2.10. The third-order valence-corrected chi connectivity index (χ3v) is 6.64. The molecular weight excluding hydrogens is 518 g/mol. The van der Waals surface area contributed by atoms with Crippen molar-refractivity contribution in [3.8, 4) is 0 Å². The van der Waals surface area contributed by atoms with Crippen LogP contribution in [0.15, 0.2) is 53.0 Å². The van der Waals surface area contributed by atoms with E-state index in [1.165, 1.54) is 17.0 Å². The molecule has 32 heavy (non-hydrogen) atoms. The van der Waals surface area contributed by atoms with Crippen LogP contribution >= 0.6 is 27.5 Å². The Morgan fingerprint density at radius 1 is 1.16 bits per heavy atom. The highest BCUT2D eigenvalue weighted by atomic mass is 79.9. The lowest BCUT2D eigenvalue weighted by molar-refractivity contribution is -0.139. The van der Waals surface area contributed by atoms with Crippen LogP contribution in [0.25, 0.3) is 0 Å². The van der Waals surface area contributed by atoms with Gasteiger partial charge in [0.15, 0.2) is 0 Å². The smallest absolute Gasteiger partial charge is 0.244 e. The first kappa shape index (κ1) is 26.2. The molecule has 174 valence electrons. The van der Waals surface area contributed by atoms with Gasteiger partial charge in [0, 0.05) is 22.6 Å². The first-order valence-corrected chi connectivity index (χ1v) is 13.1. The van der Waals surface area contributed by atoms with Gasteiger partial charge in [0.2, 0.25) is 21.8 Å². The van der Waals surface area contributed by atoms with Gasteiger partial charge in [-0.05, 0) is 55.3 Å². The second-order valence-electron chi connectivity index (χ2n) is 7.36. The molecule has 7 nitrogen and oxygen atoms in total. The molecule has 0 saturated heterocycles. The summed E-state index contributed by atoms with van der Waals surface area (Å²) < 4.78 is 26.8. The Kier molecular flexibility index (Phi) is 9.54. The number of halogens is 2. The van der Waals surface area contributed by atoms with Crippen molar-refractivity contribution in [2.45, 2.75) is 32.9 Å². The van der Waals surface area contributed by atoms with E-state index in [1.807, 2.05) is 31.2 Å². The molecule has 0 aliphatic rings. The molecule has 10 heteroatoms. The van der Waals surface area contributed by atoms with Crippen LogP contribution in [-0.2, 0) is 26.2 Å². The molecule has 1 atom stereocenters. The van der Waals surface area contributed by atoms with Crippen molar-refractivity contribution in [1.29, 1.82) is 0 Å². The van der Waals surface area contributed by atoms with Crippen LogP contribution in [0.3, 0.4) is 0 Å². The van der Waals surface area contributed by atoms with Gasteiger partial charge in [0.25, 0.3) is 0 Å². The Labute approximate surface area is 202 Å². The highest BCUT2D eigenvalue weighted by Gasteiger charge is 2.30. The average Bonchev–Trinajstić information content (AvgIpc) is 2.73. The molecule has 0 bridgehead atoms. The number of nitrogens with zero attached hydrogens (tertiary/aromatic N) is 2. The number of benzene rings is 2. The predicted molar refractivity (Wildman–Crippen MR) is 131 cm³/mol. The molecule has 0 aliphatic heterocycles. The van der Waals surface area contributed by atoms with Crippen LogP contribution in [0.2, 0.25) is 5.02 Å². The minimum absolute atomic E-state index is 0.150.